The zero-order chi connectivity index (χ0) is 15.6. The van der Waals surface area contributed by atoms with Gasteiger partial charge in [-0.2, -0.15) is 0 Å². The molecular weight excluding hydrogens is 306 g/mol. The Hall–Kier alpha value is -1.67. The predicted octanol–water partition coefficient (Wildman–Crippen LogP) is 2.25. The minimum absolute atomic E-state index is 0.112. The Kier molecular flexibility index (Phi) is 4.30. The molecule has 2 aromatic heterocycles. The molecule has 1 aliphatic rings. The van der Waals surface area contributed by atoms with Crippen LogP contribution in [0.15, 0.2) is 27.4 Å². The van der Waals surface area contributed by atoms with E-state index in [-0.39, 0.29) is 11.7 Å². The molecule has 0 amide bonds. The summed E-state index contributed by atoms with van der Waals surface area (Å²) in [4.78, 5) is 0. The standard InChI is InChI=1S/C14H19N3O4S/c1-2-9-22(18,19)17-6-3-11(4-7-17)13-15-16-14(21-13)12-5-8-20-10-12/h5,8,10-11H,2-4,6-7,9H2,1H3. The largest absolute Gasteiger partial charge is 0.472 e. The van der Waals surface area contributed by atoms with Crippen LogP contribution in [0.1, 0.15) is 38.0 Å². The van der Waals surface area contributed by atoms with E-state index in [0.717, 1.165) is 5.56 Å². The van der Waals surface area contributed by atoms with Crippen molar-refractivity contribution in [3.05, 3.63) is 24.5 Å². The highest BCUT2D eigenvalue weighted by Crippen LogP contribution is 2.30. The van der Waals surface area contributed by atoms with Gasteiger partial charge < -0.3 is 8.83 Å². The molecule has 0 spiro atoms. The van der Waals surface area contributed by atoms with Crippen LogP contribution in [0, 0.1) is 0 Å². The van der Waals surface area contributed by atoms with Crippen molar-refractivity contribution >= 4 is 10.0 Å². The Labute approximate surface area is 129 Å². The van der Waals surface area contributed by atoms with Gasteiger partial charge in [0.25, 0.3) is 5.89 Å². The summed E-state index contributed by atoms with van der Waals surface area (Å²) in [6.07, 6.45) is 5.15. The third-order valence-corrected chi connectivity index (χ3v) is 5.94. The van der Waals surface area contributed by atoms with Crippen molar-refractivity contribution in [2.45, 2.75) is 32.1 Å². The SMILES string of the molecule is CCCS(=O)(=O)N1CCC(c2nnc(-c3ccoc3)o2)CC1. The van der Waals surface area contributed by atoms with Crippen LogP contribution in [0.5, 0.6) is 0 Å². The number of hydrogen-bond acceptors (Lipinski definition) is 6. The van der Waals surface area contributed by atoms with E-state index in [0.29, 0.717) is 44.1 Å². The summed E-state index contributed by atoms with van der Waals surface area (Å²) in [7, 11) is -3.11. The van der Waals surface area contributed by atoms with E-state index in [4.69, 9.17) is 8.83 Å². The summed E-state index contributed by atoms with van der Waals surface area (Å²) in [5.41, 5.74) is 0.752. The molecule has 1 saturated heterocycles. The lowest BCUT2D eigenvalue weighted by molar-refractivity contribution is 0.291. The molecule has 0 saturated carbocycles. The van der Waals surface area contributed by atoms with E-state index in [9.17, 15) is 8.42 Å². The Bertz CT molecular complexity index is 700. The van der Waals surface area contributed by atoms with Crippen molar-refractivity contribution in [3.63, 3.8) is 0 Å². The van der Waals surface area contributed by atoms with Crippen molar-refractivity contribution < 1.29 is 17.3 Å². The topological polar surface area (TPSA) is 89.4 Å². The van der Waals surface area contributed by atoms with Gasteiger partial charge in [0.05, 0.1) is 17.6 Å². The van der Waals surface area contributed by atoms with E-state index >= 15 is 0 Å². The molecule has 0 aliphatic carbocycles. The minimum Gasteiger partial charge on any atom is -0.472 e. The van der Waals surface area contributed by atoms with Crippen LogP contribution in [-0.2, 0) is 10.0 Å². The molecule has 1 aliphatic heterocycles. The smallest absolute Gasteiger partial charge is 0.250 e. The van der Waals surface area contributed by atoms with Gasteiger partial charge in [-0.1, -0.05) is 6.92 Å². The number of sulfonamides is 1. The molecule has 7 nitrogen and oxygen atoms in total. The van der Waals surface area contributed by atoms with Gasteiger partial charge in [-0.25, -0.2) is 12.7 Å². The van der Waals surface area contributed by atoms with E-state index in [2.05, 4.69) is 10.2 Å². The first-order chi connectivity index (χ1) is 10.6. The number of nitrogens with zero attached hydrogens (tertiary/aromatic N) is 3. The third-order valence-electron chi connectivity index (χ3n) is 3.87. The second-order valence-corrected chi connectivity index (χ2v) is 7.54. The molecule has 3 heterocycles. The normalized spacial score (nSPS) is 17.9. The number of furan rings is 1. The van der Waals surface area contributed by atoms with Gasteiger partial charge in [-0.3, -0.25) is 0 Å². The van der Waals surface area contributed by atoms with Crippen LogP contribution in [0.2, 0.25) is 0 Å². The highest BCUT2D eigenvalue weighted by Gasteiger charge is 2.30. The number of hydrogen-bond donors (Lipinski definition) is 0. The van der Waals surface area contributed by atoms with E-state index in [1.807, 2.05) is 6.92 Å². The second-order valence-electron chi connectivity index (χ2n) is 5.45. The lowest BCUT2D eigenvalue weighted by atomic mass is 9.98. The van der Waals surface area contributed by atoms with Crippen LogP contribution in [0.4, 0.5) is 0 Å². The van der Waals surface area contributed by atoms with Crippen LogP contribution >= 0.6 is 0 Å². The van der Waals surface area contributed by atoms with Crippen LogP contribution in [0.3, 0.4) is 0 Å². The van der Waals surface area contributed by atoms with Crippen LogP contribution in [0.25, 0.3) is 11.5 Å². The Morgan fingerprint density at radius 2 is 2.09 bits per heavy atom. The van der Waals surface area contributed by atoms with Crippen molar-refractivity contribution in [3.8, 4) is 11.5 Å². The summed E-state index contributed by atoms with van der Waals surface area (Å²) < 4.78 is 36.4. The number of rotatable bonds is 5. The molecule has 8 heteroatoms. The average molecular weight is 325 g/mol. The highest BCUT2D eigenvalue weighted by molar-refractivity contribution is 7.89. The molecule has 0 radical (unpaired) electrons. The Morgan fingerprint density at radius 1 is 1.32 bits per heavy atom. The maximum absolute atomic E-state index is 12.1. The summed E-state index contributed by atoms with van der Waals surface area (Å²) in [6, 6.07) is 1.76. The van der Waals surface area contributed by atoms with Gasteiger partial charge in [0.2, 0.25) is 15.9 Å². The van der Waals surface area contributed by atoms with Gasteiger partial charge in [0.15, 0.2) is 0 Å². The van der Waals surface area contributed by atoms with Gasteiger partial charge in [-0.15, -0.1) is 10.2 Å². The molecule has 0 unspecified atom stereocenters. The fraction of sp³-hybridized carbons (Fsp3) is 0.571. The number of aromatic nitrogens is 2. The summed E-state index contributed by atoms with van der Waals surface area (Å²) >= 11 is 0. The third kappa shape index (κ3) is 3.07. The first-order valence-corrected chi connectivity index (χ1v) is 9.05. The fourth-order valence-electron chi connectivity index (χ4n) is 2.67. The maximum atomic E-state index is 12.1. The Morgan fingerprint density at radius 3 is 2.73 bits per heavy atom. The van der Waals surface area contributed by atoms with Crippen LogP contribution in [-0.4, -0.2) is 41.8 Å². The van der Waals surface area contributed by atoms with Gasteiger partial charge in [0, 0.05) is 19.0 Å². The second kappa shape index (κ2) is 6.21. The summed E-state index contributed by atoms with van der Waals surface area (Å²) in [5, 5.41) is 8.12. The molecule has 0 bridgehead atoms. The predicted molar refractivity (Wildman–Crippen MR) is 79.6 cm³/mol. The minimum atomic E-state index is -3.11. The first kappa shape index (κ1) is 15.2. The highest BCUT2D eigenvalue weighted by atomic mass is 32.2. The molecule has 0 atom stereocenters. The first-order valence-electron chi connectivity index (χ1n) is 7.44. The molecule has 0 aromatic carbocycles. The van der Waals surface area contributed by atoms with Gasteiger partial charge in [0.1, 0.15) is 6.26 Å². The van der Waals surface area contributed by atoms with Crippen molar-refractivity contribution in [2.75, 3.05) is 18.8 Å². The molecular formula is C14H19N3O4S. The molecule has 22 heavy (non-hydrogen) atoms. The zero-order valence-corrected chi connectivity index (χ0v) is 13.3. The molecule has 2 aromatic rings. The lowest BCUT2D eigenvalue weighted by Gasteiger charge is -2.29. The van der Waals surface area contributed by atoms with Crippen molar-refractivity contribution in [2.24, 2.45) is 0 Å². The average Bonchev–Trinajstić information content (AvgIpc) is 3.18. The van der Waals surface area contributed by atoms with E-state index in [1.54, 1.807) is 22.9 Å². The lowest BCUT2D eigenvalue weighted by Crippen LogP contribution is -2.39. The van der Waals surface area contributed by atoms with Gasteiger partial charge in [-0.05, 0) is 25.3 Å². The Balaban J connectivity index is 1.65. The summed E-state index contributed by atoms with van der Waals surface area (Å²) in [6.45, 7) is 2.90. The molecule has 0 N–H and O–H groups in total. The molecule has 3 rings (SSSR count). The monoisotopic (exact) mass is 325 g/mol. The van der Waals surface area contributed by atoms with Crippen LogP contribution < -0.4 is 0 Å². The fourth-order valence-corrected chi connectivity index (χ4v) is 4.21. The maximum Gasteiger partial charge on any atom is 0.250 e. The van der Waals surface area contributed by atoms with E-state index < -0.39 is 10.0 Å². The molecule has 1 fully saturated rings. The van der Waals surface area contributed by atoms with Crippen molar-refractivity contribution in [1.29, 1.82) is 0 Å². The summed E-state index contributed by atoms with van der Waals surface area (Å²) in [5.74, 6) is 1.33. The molecule has 120 valence electrons. The zero-order valence-electron chi connectivity index (χ0n) is 12.4. The van der Waals surface area contributed by atoms with Crippen molar-refractivity contribution in [1.82, 2.24) is 14.5 Å². The quantitative estimate of drug-likeness (QED) is 0.837. The number of piperidine rings is 1. The van der Waals surface area contributed by atoms with E-state index in [1.165, 1.54) is 0 Å². The van der Waals surface area contributed by atoms with Gasteiger partial charge >= 0.3 is 0 Å².